The summed E-state index contributed by atoms with van der Waals surface area (Å²) in [6, 6.07) is 16.6. The fourth-order valence-corrected chi connectivity index (χ4v) is 5.03. The first kappa shape index (κ1) is 18.6. The second-order valence-electron chi connectivity index (χ2n) is 8.92. The predicted octanol–water partition coefficient (Wildman–Crippen LogP) is 6.09. The molecule has 144 valence electrons. The monoisotopic (exact) mass is 362 g/mol. The third kappa shape index (κ3) is 3.52. The Balaban J connectivity index is 1.63. The second-order valence-corrected chi connectivity index (χ2v) is 8.92. The van der Waals surface area contributed by atoms with Gasteiger partial charge in [0, 0.05) is 24.8 Å². The van der Waals surface area contributed by atoms with Crippen molar-refractivity contribution in [3.8, 4) is 0 Å². The van der Waals surface area contributed by atoms with Gasteiger partial charge in [-0.3, -0.25) is 4.90 Å². The zero-order valence-corrected chi connectivity index (χ0v) is 17.4. The highest BCUT2D eigenvalue weighted by molar-refractivity contribution is 5.62. The molecule has 0 unspecified atom stereocenters. The quantitative estimate of drug-likeness (QED) is 0.649. The highest BCUT2D eigenvalue weighted by atomic mass is 15.4. The number of benzene rings is 2. The molecule has 0 N–H and O–H groups in total. The van der Waals surface area contributed by atoms with E-state index in [1.165, 1.54) is 42.6 Å². The van der Waals surface area contributed by atoms with Crippen LogP contribution in [0.2, 0.25) is 0 Å². The molecule has 2 aliphatic rings. The van der Waals surface area contributed by atoms with E-state index in [9.17, 15) is 0 Å². The van der Waals surface area contributed by atoms with Crippen LogP contribution in [0.3, 0.4) is 0 Å². The summed E-state index contributed by atoms with van der Waals surface area (Å²) in [5.41, 5.74) is 7.66. The molecule has 0 amide bonds. The predicted molar refractivity (Wildman–Crippen MR) is 116 cm³/mol. The molecule has 2 aromatic rings. The van der Waals surface area contributed by atoms with Crippen LogP contribution in [0.15, 0.2) is 42.5 Å². The van der Waals surface area contributed by atoms with E-state index in [1.54, 1.807) is 11.1 Å². The molecule has 1 fully saturated rings. The molecule has 0 spiro atoms. The topological polar surface area (TPSA) is 6.48 Å². The van der Waals surface area contributed by atoms with Crippen molar-refractivity contribution in [3.63, 3.8) is 0 Å². The maximum Gasteiger partial charge on any atom is 0.0713 e. The molecule has 1 aliphatic carbocycles. The summed E-state index contributed by atoms with van der Waals surface area (Å²) < 4.78 is 0. The number of hydrogen-bond donors (Lipinski definition) is 0. The van der Waals surface area contributed by atoms with Gasteiger partial charge in [0.1, 0.15) is 0 Å². The fourth-order valence-electron chi connectivity index (χ4n) is 5.03. The number of aryl methyl sites for hydroxylation is 1. The molecule has 0 aromatic heterocycles. The van der Waals surface area contributed by atoms with E-state index >= 15 is 0 Å². The van der Waals surface area contributed by atoms with Crippen LogP contribution >= 0.6 is 0 Å². The van der Waals surface area contributed by atoms with Gasteiger partial charge in [0.05, 0.1) is 6.67 Å². The molecule has 2 heteroatoms. The lowest BCUT2D eigenvalue weighted by atomic mass is 9.87. The zero-order chi connectivity index (χ0) is 19.0. The molecule has 1 saturated heterocycles. The van der Waals surface area contributed by atoms with Gasteiger partial charge in [0.15, 0.2) is 0 Å². The number of rotatable bonds is 4. The number of para-hydroxylation sites is 1. The highest BCUT2D eigenvalue weighted by Crippen LogP contribution is 2.40. The van der Waals surface area contributed by atoms with Gasteiger partial charge in [0.2, 0.25) is 0 Å². The van der Waals surface area contributed by atoms with Crippen LogP contribution in [-0.2, 0) is 6.42 Å². The maximum atomic E-state index is 2.72. The van der Waals surface area contributed by atoms with Crippen molar-refractivity contribution in [2.75, 3.05) is 24.7 Å². The highest BCUT2D eigenvalue weighted by Gasteiger charge is 2.32. The van der Waals surface area contributed by atoms with Gasteiger partial charge >= 0.3 is 0 Å². The van der Waals surface area contributed by atoms with Crippen molar-refractivity contribution in [2.45, 2.75) is 64.8 Å². The summed E-state index contributed by atoms with van der Waals surface area (Å²) in [5, 5.41) is 0. The van der Waals surface area contributed by atoms with Crippen molar-refractivity contribution >= 4 is 5.69 Å². The normalized spacial score (nSPS) is 20.5. The largest absolute Gasteiger partial charge is 0.357 e. The lowest BCUT2D eigenvalue weighted by Gasteiger charge is -2.34. The average Bonchev–Trinajstić information content (AvgIpc) is 3.16. The van der Waals surface area contributed by atoms with Crippen molar-refractivity contribution in [2.24, 2.45) is 0 Å². The van der Waals surface area contributed by atoms with Gasteiger partial charge in [0.25, 0.3) is 0 Å². The number of fused-ring (bicyclic) bond motifs is 1. The molecule has 0 bridgehead atoms. The van der Waals surface area contributed by atoms with E-state index < -0.39 is 0 Å². The Morgan fingerprint density at radius 1 is 0.852 bits per heavy atom. The first-order chi connectivity index (χ1) is 13.1. The average molecular weight is 363 g/mol. The van der Waals surface area contributed by atoms with Crippen LogP contribution in [0, 0.1) is 0 Å². The van der Waals surface area contributed by atoms with E-state index in [0.717, 1.165) is 13.2 Å². The molecule has 2 nitrogen and oxygen atoms in total. The molecule has 1 aliphatic heterocycles. The lowest BCUT2D eigenvalue weighted by Crippen LogP contribution is -2.32. The summed E-state index contributed by atoms with van der Waals surface area (Å²) in [6.45, 7) is 12.7. The Morgan fingerprint density at radius 3 is 2.26 bits per heavy atom. The Kier molecular flexibility index (Phi) is 5.27. The third-order valence-corrected chi connectivity index (χ3v) is 6.45. The number of nitrogens with zero attached hydrogens (tertiary/aromatic N) is 2. The fraction of sp³-hybridized carbons (Fsp3) is 0.520. The molecule has 0 radical (unpaired) electrons. The summed E-state index contributed by atoms with van der Waals surface area (Å²) in [5.74, 6) is 1.12. The van der Waals surface area contributed by atoms with Gasteiger partial charge in [-0.25, -0.2) is 0 Å². The molecular formula is C25H34N2. The van der Waals surface area contributed by atoms with Crippen molar-refractivity contribution in [3.05, 3.63) is 64.7 Å². The van der Waals surface area contributed by atoms with Gasteiger partial charge in [-0.1, -0.05) is 70.2 Å². The van der Waals surface area contributed by atoms with Crippen LogP contribution in [0.5, 0.6) is 0 Å². The molecule has 1 heterocycles. The van der Waals surface area contributed by atoms with Crippen LogP contribution < -0.4 is 4.90 Å². The van der Waals surface area contributed by atoms with Gasteiger partial charge in [-0.15, -0.1) is 0 Å². The van der Waals surface area contributed by atoms with Crippen LogP contribution in [-0.4, -0.2) is 24.7 Å². The number of anilines is 1. The van der Waals surface area contributed by atoms with Gasteiger partial charge in [-0.2, -0.15) is 0 Å². The Labute approximate surface area is 165 Å². The van der Waals surface area contributed by atoms with E-state index in [0.29, 0.717) is 17.9 Å². The molecule has 4 rings (SSSR count). The molecule has 0 saturated carbocycles. The zero-order valence-electron chi connectivity index (χ0n) is 17.4. The molecular weight excluding hydrogens is 328 g/mol. The van der Waals surface area contributed by atoms with Gasteiger partial charge in [-0.05, 0) is 53.4 Å². The second kappa shape index (κ2) is 7.67. The minimum Gasteiger partial charge on any atom is -0.357 e. The van der Waals surface area contributed by atoms with Gasteiger partial charge < -0.3 is 4.90 Å². The standard InChI is InChI=1S/C25H34N2/c1-18(2)21-12-8-13-22(19(3)4)25(21)27-16-15-26(17-27)24-14-7-10-20-9-5-6-11-23(20)24/h5-6,8-9,11-13,18-19,24H,7,10,14-17H2,1-4H3/t24-/m1/s1. The smallest absolute Gasteiger partial charge is 0.0713 e. The summed E-state index contributed by atoms with van der Waals surface area (Å²) in [7, 11) is 0. The minimum atomic E-state index is 0.558. The summed E-state index contributed by atoms with van der Waals surface area (Å²) >= 11 is 0. The first-order valence-corrected chi connectivity index (χ1v) is 10.8. The Morgan fingerprint density at radius 2 is 1.56 bits per heavy atom. The van der Waals surface area contributed by atoms with E-state index in [1.807, 2.05) is 0 Å². The number of hydrogen-bond acceptors (Lipinski definition) is 2. The SMILES string of the molecule is CC(C)c1cccc(C(C)C)c1N1CCN([C@@H]2CCCc3ccccc32)C1. The third-order valence-electron chi connectivity index (χ3n) is 6.45. The maximum absolute atomic E-state index is 2.72. The van der Waals surface area contributed by atoms with Crippen LogP contribution in [0.1, 0.15) is 80.7 Å². The summed E-state index contributed by atoms with van der Waals surface area (Å²) in [6.07, 6.45) is 3.86. The van der Waals surface area contributed by atoms with Crippen molar-refractivity contribution < 1.29 is 0 Å². The first-order valence-electron chi connectivity index (χ1n) is 10.8. The Hall–Kier alpha value is -1.80. The molecule has 1 atom stereocenters. The minimum absolute atomic E-state index is 0.558. The van der Waals surface area contributed by atoms with Crippen LogP contribution in [0.4, 0.5) is 5.69 Å². The van der Waals surface area contributed by atoms with E-state index in [4.69, 9.17) is 0 Å². The van der Waals surface area contributed by atoms with Crippen LogP contribution in [0.25, 0.3) is 0 Å². The Bertz CT molecular complexity index is 766. The molecule has 27 heavy (non-hydrogen) atoms. The molecule has 2 aromatic carbocycles. The summed E-state index contributed by atoms with van der Waals surface area (Å²) in [4.78, 5) is 5.38. The lowest BCUT2D eigenvalue weighted by molar-refractivity contribution is 0.223. The van der Waals surface area contributed by atoms with Crippen molar-refractivity contribution in [1.82, 2.24) is 4.90 Å². The van der Waals surface area contributed by atoms with Crippen molar-refractivity contribution in [1.29, 1.82) is 0 Å². The van der Waals surface area contributed by atoms with E-state index in [2.05, 4.69) is 80.0 Å². The van der Waals surface area contributed by atoms with E-state index in [-0.39, 0.29) is 0 Å².